The van der Waals surface area contributed by atoms with Gasteiger partial charge in [0.15, 0.2) is 0 Å². The number of carbonyl (C=O) groups excluding carboxylic acids is 1. The number of anilines is 1. The molecule has 108 valence electrons. The molecule has 1 heterocycles. The van der Waals surface area contributed by atoms with Gasteiger partial charge in [-0.25, -0.2) is 0 Å². The predicted octanol–water partition coefficient (Wildman–Crippen LogP) is 3.04. The van der Waals surface area contributed by atoms with Crippen molar-refractivity contribution >= 4 is 11.6 Å². The highest BCUT2D eigenvalue weighted by molar-refractivity contribution is 6.07. The first-order chi connectivity index (χ1) is 10.0. The van der Waals surface area contributed by atoms with E-state index in [1.165, 1.54) is 0 Å². The molecule has 1 atom stereocenters. The highest BCUT2D eigenvalue weighted by Gasteiger charge is 2.43. The quantitative estimate of drug-likeness (QED) is 0.939. The monoisotopic (exact) mass is 281 g/mol. The SMILES string of the molecule is CC1(C)C(=O)N(CC(O)c2ccccc2)c2ccccc21. The molecule has 0 aliphatic carbocycles. The van der Waals surface area contributed by atoms with Crippen molar-refractivity contribution in [2.75, 3.05) is 11.4 Å². The molecular formula is C18H19NO2. The Morgan fingerprint density at radius 2 is 1.67 bits per heavy atom. The van der Waals surface area contributed by atoms with E-state index in [1.807, 2.05) is 68.4 Å². The van der Waals surface area contributed by atoms with Gasteiger partial charge in [0, 0.05) is 5.69 Å². The van der Waals surface area contributed by atoms with Gasteiger partial charge < -0.3 is 10.0 Å². The lowest BCUT2D eigenvalue weighted by Crippen LogP contribution is -2.38. The third kappa shape index (κ3) is 2.24. The summed E-state index contributed by atoms with van der Waals surface area (Å²) in [6.07, 6.45) is -0.683. The summed E-state index contributed by atoms with van der Waals surface area (Å²) in [5, 5.41) is 10.4. The molecule has 0 saturated heterocycles. The number of amides is 1. The maximum absolute atomic E-state index is 12.7. The van der Waals surface area contributed by atoms with Crippen LogP contribution >= 0.6 is 0 Å². The molecule has 0 saturated carbocycles. The Kier molecular flexibility index (Phi) is 3.30. The van der Waals surface area contributed by atoms with Gasteiger partial charge in [-0.3, -0.25) is 4.79 Å². The summed E-state index contributed by atoms with van der Waals surface area (Å²) < 4.78 is 0. The van der Waals surface area contributed by atoms with Crippen molar-refractivity contribution in [2.45, 2.75) is 25.4 Å². The first-order valence-corrected chi connectivity index (χ1v) is 7.16. The Balaban J connectivity index is 1.92. The van der Waals surface area contributed by atoms with Crippen molar-refractivity contribution in [2.24, 2.45) is 0 Å². The number of hydrogen-bond donors (Lipinski definition) is 1. The molecule has 0 aromatic heterocycles. The maximum Gasteiger partial charge on any atom is 0.237 e. The number of carbonyl (C=O) groups is 1. The van der Waals surface area contributed by atoms with Crippen molar-refractivity contribution < 1.29 is 9.90 Å². The van der Waals surface area contributed by atoms with Crippen molar-refractivity contribution in [3.05, 3.63) is 65.7 Å². The number of hydrogen-bond acceptors (Lipinski definition) is 2. The van der Waals surface area contributed by atoms with E-state index in [1.54, 1.807) is 4.90 Å². The van der Waals surface area contributed by atoms with E-state index in [2.05, 4.69) is 0 Å². The number of rotatable bonds is 3. The average molecular weight is 281 g/mol. The Bertz CT molecular complexity index is 664. The minimum atomic E-state index is -0.683. The van der Waals surface area contributed by atoms with Crippen LogP contribution in [0.3, 0.4) is 0 Å². The molecular weight excluding hydrogens is 262 g/mol. The number of nitrogens with zero attached hydrogens (tertiary/aromatic N) is 1. The van der Waals surface area contributed by atoms with E-state index >= 15 is 0 Å². The van der Waals surface area contributed by atoms with Gasteiger partial charge in [-0.1, -0.05) is 48.5 Å². The third-order valence-corrected chi connectivity index (χ3v) is 4.19. The van der Waals surface area contributed by atoms with Gasteiger partial charge in [0.05, 0.1) is 18.1 Å². The lowest BCUT2D eigenvalue weighted by atomic mass is 9.86. The Morgan fingerprint density at radius 3 is 2.38 bits per heavy atom. The van der Waals surface area contributed by atoms with Crippen LogP contribution in [-0.4, -0.2) is 17.6 Å². The van der Waals surface area contributed by atoms with E-state index in [4.69, 9.17) is 0 Å². The second-order valence-corrected chi connectivity index (χ2v) is 5.98. The van der Waals surface area contributed by atoms with Crippen molar-refractivity contribution in [3.63, 3.8) is 0 Å². The Labute approximate surface area is 124 Å². The van der Waals surface area contributed by atoms with Crippen LogP contribution in [0.15, 0.2) is 54.6 Å². The summed E-state index contributed by atoms with van der Waals surface area (Å²) in [6, 6.07) is 17.3. The number of benzene rings is 2. The van der Waals surface area contributed by atoms with Crippen LogP contribution in [0.1, 0.15) is 31.1 Å². The van der Waals surface area contributed by atoms with Crippen LogP contribution in [0.2, 0.25) is 0 Å². The van der Waals surface area contributed by atoms with Gasteiger partial charge in [-0.15, -0.1) is 0 Å². The molecule has 3 rings (SSSR count). The normalized spacial score (nSPS) is 17.7. The van der Waals surface area contributed by atoms with Crippen LogP contribution < -0.4 is 4.90 Å². The van der Waals surface area contributed by atoms with E-state index in [-0.39, 0.29) is 12.5 Å². The van der Waals surface area contributed by atoms with Gasteiger partial charge >= 0.3 is 0 Å². The van der Waals surface area contributed by atoms with Crippen LogP contribution in [0.25, 0.3) is 0 Å². The van der Waals surface area contributed by atoms with Gasteiger partial charge in [-0.05, 0) is 31.0 Å². The largest absolute Gasteiger partial charge is 0.387 e. The molecule has 2 aromatic carbocycles. The topological polar surface area (TPSA) is 40.5 Å². The van der Waals surface area contributed by atoms with E-state index in [0.717, 1.165) is 16.8 Å². The molecule has 1 aliphatic heterocycles. The van der Waals surface area contributed by atoms with Gasteiger partial charge in [0.25, 0.3) is 0 Å². The van der Waals surface area contributed by atoms with Crippen molar-refractivity contribution in [1.29, 1.82) is 0 Å². The minimum Gasteiger partial charge on any atom is -0.387 e. The second-order valence-electron chi connectivity index (χ2n) is 5.98. The van der Waals surface area contributed by atoms with Gasteiger partial charge in [0.2, 0.25) is 5.91 Å². The fraction of sp³-hybridized carbons (Fsp3) is 0.278. The summed E-state index contributed by atoms with van der Waals surface area (Å²) in [7, 11) is 0. The highest BCUT2D eigenvalue weighted by Crippen LogP contribution is 2.41. The number of aliphatic hydroxyl groups is 1. The Hall–Kier alpha value is -2.13. The molecule has 0 bridgehead atoms. The molecule has 0 radical (unpaired) electrons. The standard InChI is InChI=1S/C18H19NO2/c1-18(2)14-10-6-7-11-15(14)19(17(18)21)12-16(20)13-8-4-3-5-9-13/h3-11,16,20H,12H2,1-2H3. The third-order valence-electron chi connectivity index (χ3n) is 4.19. The summed E-state index contributed by atoms with van der Waals surface area (Å²) in [4.78, 5) is 14.4. The van der Waals surface area contributed by atoms with Crippen LogP contribution in [-0.2, 0) is 10.2 Å². The number of aliphatic hydroxyl groups excluding tert-OH is 1. The number of β-amino-alcohol motifs (C(OH)–C–C–N with tert-alkyl or cyclic N) is 1. The molecule has 1 aliphatic rings. The zero-order valence-electron chi connectivity index (χ0n) is 12.3. The summed E-state index contributed by atoms with van der Waals surface area (Å²) in [5.41, 5.74) is 2.22. The fourth-order valence-electron chi connectivity index (χ4n) is 2.93. The second kappa shape index (κ2) is 5.01. The van der Waals surface area contributed by atoms with Crippen LogP contribution in [0, 0.1) is 0 Å². The molecule has 2 aromatic rings. The molecule has 3 nitrogen and oxygen atoms in total. The van der Waals surface area contributed by atoms with Crippen LogP contribution in [0.5, 0.6) is 0 Å². The molecule has 3 heteroatoms. The van der Waals surface area contributed by atoms with Gasteiger partial charge in [-0.2, -0.15) is 0 Å². The lowest BCUT2D eigenvalue weighted by molar-refractivity contribution is -0.122. The van der Waals surface area contributed by atoms with E-state index in [0.29, 0.717) is 0 Å². The van der Waals surface area contributed by atoms with Crippen molar-refractivity contribution in [3.8, 4) is 0 Å². The summed E-state index contributed by atoms with van der Waals surface area (Å²) >= 11 is 0. The summed E-state index contributed by atoms with van der Waals surface area (Å²) in [5.74, 6) is 0.0404. The van der Waals surface area contributed by atoms with E-state index < -0.39 is 11.5 Å². The zero-order chi connectivity index (χ0) is 15.0. The van der Waals surface area contributed by atoms with Gasteiger partial charge in [0.1, 0.15) is 0 Å². The molecule has 0 fully saturated rings. The number of fused-ring (bicyclic) bond motifs is 1. The first-order valence-electron chi connectivity index (χ1n) is 7.16. The van der Waals surface area contributed by atoms with Crippen LogP contribution in [0.4, 0.5) is 5.69 Å². The average Bonchev–Trinajstić information content (AvgIpc) is 2.70. The lowest BCUT2D eigenvalue weighted by Gasteiger charge is -2.23. The zero-order valence-corrected chi connectivity index (χ0v) is 12.3. The smallest absolute Gasteiger partial charge is 0.237 e. The Morgan fingerprint density at radius 1 is 1.05 bits per heavy atom. The maximum atomic E-state index is 12.7. The fourth-order valence-corrected chi connectivity index (χ4v) is 2.93. The molecule has 0 spiro atoms. The highest BCUT2D eigenvalue weighted by atomic mass is 16.3. The van der Waals surface area contributed by atoms with E-state index in [9.17, 15) is 9.90 Å². The number of para-hydroxylation sites is 1. The van der Waals surface area contributed by atoms with Crippen molar-refractivity contribution in [1.82, 2.24) is 0 Å². The molecule has 1 N–H and O–H groups in total. The molecule has 1 unspecified atom stereocenters. The summed E-state index contributed by atoms with van der Waals surface area (Å²) in [6.45, 7) is 4.15. The first kappa shape index (κ1) is 13.8. The minimum absolute atomic E-state index is 0.0404. The molecule has 1 amide bonds. The molecule has 21 heavy (non-hydrogen) atoms. The predicted molar refractivity (Wildman–Crippen MR) is 83.2 cm³/mol.